The van der Waals surface area contributed by atoms with Gasteiger partial charge in [-0.3, -0.25) is 4.57 Å². The van der Waals surface area contributed by atoms with Gasteiger partial charge in [-0.05, 0) is 24.1 Å². The highest BCUT2D eigenvalue weighted by atomic mass is 32.2. The number of benzene rings is 1. The summed E-state index contributed by atoms with van der Waals surface area (Å²) >= 11 is 1.70. The summed E-state index contributed by atoms with van der Waals surface area (Å²) in [4.78, 5) is 1.12. The van der Waals surface area contributed by atoms with Crippen LogP contribution in [0.4, 0.5) is 0 Å². The van der Waals surface area contributed by atoms with Crippen molar-refractivity contribution in [1.82, 2.24) is 0 Å². The molecule has 1 aromatic carbocycles. The zero-order valence-electron chi connectivity index (χ0n) is 14.5. The van der Waals surface area contributed by atoms with E-state index in [-0.39, 0.29) is 11.9 Å². The van der Waals surface area contributed by atoms with Gasteiger partial charge in [0.15, 0.2) is 0 Å². The van der Waals surface area contributed by atoms with E-state index in [1.54, 1.807) is 11.8 Å². The fourth-order valence-corrected chi connectivity index (χ4v) is 11.1. The molecule has 1 saturated carbocycles. The summed E-state index contributed by atoms with van der Waals surface area (Å²) < 4.78 is 23.7. The summed E-state index contributed by atoms with van der Waals surface area (Å²) in [5.41, 5.74) is 0.457. The molecule has 1 aliphatic carbocycles. The number of aliphatic hydroxyl groups is 1. The van der Waals surface area contributed by atoms with Gasteiger partial charge >= 0.3 is 7.60 Å². The van der Waals surface area contributed by atoms with E-state index in [9.17, 15) is 9.67 Å². The Morgan fingerprint density at radius 1 is 1.26 bits per heavy atom. The van der Waals surface area contributed by atoms with Crippen LogP contribution in [0.5, 0.6) is 0 Å². The van der Waals surface area contributed by atoms with Crippen molar-refractivity contribution in [3.8, 4) is 0 Å². The van der Waals surface area contributed by atoms with Gasteiger partial charge in [0.25, 0.3) is 0 Å². The second-order valence-electron chi connectivity index (χ2n) is 7.15. The number of hydrogen-bond acceptors (Lipinski definition) is 5. The lowest BCUT2D eigenvalue weighted by molar-refractivity contribution is 0.140. The van der Waals surface area contributed by atoms with Crippen LogP contribution >= 0.6 is 19.4 Å². The highest BCUT2D eigenvalue weighted by Gasteiger charge is 2.67. The molecule has 0 radical (unpaired) electrons. The van der Waals surface area contributed by atoms with Crippen LogP contribution in [-0.4, -0.2) is 44.4 Å². The maximum Gasteiger partial charge on any atom is 0.339 e. The minimum atomic E-state index is -3.36. The Balaban J connectivity index is 2.41. The smallest absolute Gasteiger partial charge is 0.339 e. The van der Waals surface area contributed by atoms with Crippen LogP contribution in [0.25, 0.3) is 0 Å². The molecule has 0 bridgehead atoms. The van der Waals surface area contributed by atoms with Gasteiger partial charge in [0, 0.05) is 32.4 Å². The third-order valence-corrected chi connectivity index (χ3v) is 12.3. The standard InChI is InChI=1S/C16H27O4PSSi/c1-19-21(18,20-2)16(12-17)11-14(23(3,4)5)15(16)22-13-9-7-6-8-10-13/h6-10,14-15,17H,11-12H2,1-5H3/t14-,15+,16+/m0/s1. The first-order chi connectivity index (χ1) is 10.7. The van der Waals surface area contributed by atoms with Gasteiger partial charge in [0.05, 0.1) is 6.61 Å². The molecule has 1 fully saturated rings. The first-order valence-electron chi connectivity index (χ1n) is 7.78. The molecule has 0 saturated heterocycles. The molecule has 0 unspecified atom stereocenters. The molecular formula is C16H27O4PSSi. The molecule has 2 rings (SSSR count). The van der Waals surface area contributed by atoms with E-state index in [1.165, 1.54) is 14.2 Å². The van der Waals surface area contributed by atoms with E-state index in [0.29, 0.717) is 12.0 Å². The van der Waals surface area contributed by atoms with E-state index in [2.05, 4.69) is 31.8 Å². The normalized spacial score (nSPS) is 28.4. The molecule has 4 nitrogen and oxygen atoms in total. The SMILES string of the molecule is COP(=O)(OC)[C@@]1(CO)C[C@H]([Si](C)(C)C)[C@H]1Sc1ccccc1. The van der Waals surface area contributed by atoms with Crippen molar-refractivity contribution in [2.45, 2.75) is 46.9 Å². The van der Waals surface area contributed by atoms with Gasteiger partial charge in [0.2, 0.25) is 0 Å². The van der Waals surface area contributed by atoms with Crippen LogP contribution in [-0.2, 0) is 13.6 Å². The van der Waals surface area contributed by atoms with E-state index in [0.717, 1.165) is 4.90 Å². The van der Waals surface area contributed by atoms with Crippen LogP contribution in [0.3, 0.4) is 0 Å². The Morgan fingerprint density at radius 3 is 2.26 bits per heavy atom. The molecule has 0 heterocycles. The average molecular weight is 375 g/mol. The highest BCUT2D eigenvalue weighted by molar-refractivity contribution is 8.00. The van der Waals surface area contributed by atoms with Crippen molar-refractivity contribution >= 4 is 27.4 Å². The largest absolute Gasteiger partial charge is 0.395 e. The number of aliphatic hydroxyl groups excluding tert-OH is 1. The van der Waals surface area contributed by atoms with Gasteiger partial charge in [-0.2, -0.15) is 0 Å². The van der Waals surface area contributed by atoms with E-state index < -0.39 is 20.8 Å². The Kier molecular flexibility index (Phi) is 5.87. The van der Waals surface area contributed by atoms with Crippen LogP contribution in [0.2, 0.25) is 25.2 Å². The highest BCUT2D eigenvalue weighted by Crippen LogP contribution is 2.74. The fraction of sp³-hybridized carbons (Fsp3) is 0.625. The molecule has 1 aromatic rings. The Labute approximate surface area is 144 Å². The van der Waals surface area contributed by atoms with E-state index in [4.69, 9.17) is 9.05 Å². The van der Waals surface area contributed by atoms with Gasteiger partial charge < -0.3 is 14.2 Å². The fourth-order valence-electron chi connectivity index (χ4n) is 3.36. The van der Waals surface area contributed by atoms with E-state index in [1.807, 2.05) is 18.2 Å². The van der Waals surface area contributed by atoms with Crippen LogP contribution in [0, 0.1) is 0 Å². The predicted octanol–water partition coefficient (Wildman–Crippen LogP) is 4.48. The van der Waals surface area contributed by atoms with Crippen molar-refractivity contribution in [2.24, 2.45) is 0 Å². The second kappa shape index (κ2) is 7.02. The maximum absolute atomic E-state index is 13.2. The molecule has 23 heavy (non-hydrogen) atoms. The first kappa shape index (κ1) is 19.2. The summed E-state index contributed by atoms with van der Waals surface area (Å²) in [5, 5.41) is 9.35. The zero-order valence-corrected chi connectivity index (χ0v) is 17.2. The molecule has 0 aliphatic heterocycles. The Hall–Kier alpha value is -0.103. The minimum Gasteiger partial charge on any atom is -0.395 e. The third-order valence-electron chi connectivity index (χ3n) is 4.89. The van der Waals surface area contributed by atoms with Gasteiger partial charge in [-0.25, -0.2) is 0 Å². The van der Waals surface area contributed by atoms with Crippen molar-refractivity contribution in [3.05, 3.63) is 30.3 Å². The third kappa shape index (κ3) is 3.35. The van der Waals surface area contributed by atoms with Crippen LogP contribution in [0.15, 0.2) is 35.2 Å². The van der Waals surface area contributed by atoms with Gasteiger partial charge in [0.1, 0.15) is 5.16 Å². The lowest BCUT2D eigenvalue weighted by atomic mass is 9.83. The monoisotopic (exact) mass is 374 g/mol. The van der Waals surface area contributed by atoms with Crippen molar-refractivity contribution in [2.75, 3.05) is 20.8 Å². The minimum absolute atomic E-state index is 0.0345. The molecule has 0 aromatic heterocycles. The second-order valence-corrected chi connectivity index (χ2v) is 16.5. The van der Waals surface area contributed by atoms with Crippen molar-refractivity contribution in [3.63, 3.8) is 0 Å². The Bertz CT molecular complexity index is 569. The molecule has 0 spiro atoms. The number of thioether (sulfide) groups is 1. The molecule has 7 heteroatoms. The van der Waals surface area contributed by atoms with Crippen LogP contribution in [0.1, 0.15) is 6.42 Å². The van der Waals surface area contributed by atoms with Gasteiger partial charge in [-0.1, -0.05) is 37.8 Å². The molecular weight excluding hydrogens is 347 g/mol. The summed E-state index contributed by atoms with van der Waals surface area (Å²) in [7, 11) is -2.01. The molecule has 3 atom stereocenters. The maximum atomic E-state index is 13.2. The average Bonchev–Trinajstić information content (AvgIpc) is 2.52. The first-order valence-corrected chi connectivity index (χ1v) is 13.8. The summed E-state index contributed by atoms with van der Waals surface area (Å²) in [5.74, 6) is 0. The molecule has 1 aliphatic rings. The van der Waals surface area contributed by atoms with Gasteiger partial charge in [-0.15, -0.1) is 11.8 Å². The summed E-state index contributed by atoms with van der Waals surface area (Å²) in [6.45, 7) is 6.78. The Morgan fingerprint density at radius 2 is 1.83 bits per heavy atom. The van der Waals surface area contributed by atoms with E-state index >= 15 is 0 Å². The van der Waals surface area contributed by atoms with Crippen molar-refractivity contribution in [1.29, 1.82) is 0 Å². The number of rotatable bonds is 7. The molecule has 130 valence electrons. The molecule has 1 N–H and O–H groups in total. The summed E-state index contributed by atoms with van der Waals surface area (Å²) in [6, 6.07) is 10.1. The predicted molar refractivity (Wildman–Crippen MR) is 99.2 cm³/mol. The lowest BCUT2D eigenvalue weighted by Crippen LogP contribution is -2.62. The lowest BCUT2D eigenvalue weighted by Gasteiger charge is -2.58. The molecule has 0 amide bonds. The quantitative estimate of drug-likeness (QED) is 0.563. The topological polar surface area (TPSA) is 55.8 Å². The summed E-state index contributed by atoms with van der Waals surface area (Å²) in [6.07, 6.45) is 0.697. The van der Waals surface area contributed by atoms with Crippen LogP contribution < -0.4 is 0 Å². The number of hydrogen-bond donors (Lipinski definition) is 1. The zero-order chi connectivity index (χ0) is 17.3. The van der Waals surface area contributed by atoms with Crippen molar-refractivity contribution < 1.29 is 18.7 Å².